The van der Waals surface area contributed by atoms with E-state index in [0.29, 0.717) is 11.5 Å². The molecule has 24 heavy (non-hydrogen) atoms. The van der Waals surface area contributed by atoms with Crippen molar-refractivity contribution >= 4 is 38.1 Å². The molecular formula is C17H9BrClF3N2. The summed E-state index contributed by atoms with van der Waals surface area (Å²) in [4.78, 5) is 0. The van der Waals surface area contributed by atoms with Gasteiger partial charge in [-0.2, -0.15) is 13.2 Å². The van der Waals surface area contributed by atoms with Crippen molar-refractivity contribution < 1.29 is 13.2 Å². The van der Waals surface area contributed by atoms with Gasteiger partial charge in [0.2, 0.25) is 0 Å². The van der Waals surface area contributed by atoms with E-state index in [0.717, 1.165) is 26.7 Å². The summed E-state index contributed by atoms with van der Waals surface area (Å²) in [6.07, 6.45) is -3.87. The summed E-state index contributed by atoms with van der Waals surface area (Å²) in [5, 5.41) is 7.07. The van der Waals surface area contributed by atoms with E-state index in [1.54, 1.807) is 12.1 Å². The molecule has 1 aliphatic carbocycles. The van der Waals surface area contributed by atoms with Crippen molar-refractivity contribution in [1.29, 1.82) is 0 Å². The van der Waals surface area contributed by atoms with Crippen LogP contribution in [0.1, 0.15) is 22.3 Å². The molecule has 2 nitrogen and oxygen atoms in total. The molecule has 0 unspecified atom stereocenters. The number of hydrogen-bond donors (Lipinski definition) is 0. The lowest BCUT2D eigenvalue weighted by molar-refractivity contribution is -0.166. The van der Waals surface area contributed by atoms with Crippen LogP contribution < -0.4 is 0 Å². The number of rotatable bonds is 2. The molecule has 2 aromatic rings. The van der Waals surface area contributed by atoms with Crippen LogP contribution in [0.4, 0.5) is 13.2 Å². The van der Waals surface area contributed by atoms with Crippen molar-refractivity contribution in [3.8, 4) is 0 Å². The van der Waals surface area contributed by atoms with Gasteiger partial charge in [-0.1, -0.05) is 57.9 Å². The molecule has 122 valence electrons. The molecule has 1 aliphatic heterocycles. The molecule has 0 radical (unpaired) electrons. The van der Waals surface area contributed by atoms with Gasteiger partial charge in [0.1, 0.15) is 0 Å². The molecule has 0 fully saturated rings. The van der Waals surface area contributed by atoms with Gasteiger partial charge in [-0.3, -0.25) is 0 Å². The van der Waals surface area contributed by atoms with Gasteiger partial charge in [0.25, 0.3) is 0 Å². The second kappa shape index (κ2) is 5.17. The number of halogens is 5. The van der Waals surface area contributed by atoms with Crippen LogP contribution in [0.2, 0.25) is 0 Å². The highest BCUT2D eigenvalue weighted by Gasteiger charge is 2.65. The second-order valence-corrected chi connectivity index (χ2v) is 7.01. The van der Waals surface area contributed by atoms with Gasteiger partial charge in [0.15, 0.2) is 0 Å². The van der Waals surface area contributed by atoms with Crippen molar-refractivity contribution in [2.45, 2.75) is 18.3 Å². The van der Waals surface area contributed by atoms with Crippen LogP contribution in [0.3, 0.4) is 0 Å². The number of fused-ring (bicyclic) bond motifs is 1. The normalized spacial score (nSPS) is 18.0. The van der Waals surface area contributed by atoms with E-state index in [4.69, 9.17) is 11.6 Å². The third-order valence-corrected chi connectivity index (χ3v) is 5.19. The lowest BCUT2D eigenvalue weighted by Gasteiger charge is -2.15. The van der Waals surface area contributed by atoms with E-state index in [2.05, 4.69) is 26.2 Å². The molecule has 7 heteroatoms. The average Bonchev–Trinajstić information content (AvgIpc) is 3.29. The summed E-state index contributed by atoms with van der Waals surface area (Å²) in [5.41, 5.74) is 1.39. The SMILES string of the molecule is FC(F)(F)C1(c2ccc(C3=C(Cl)c4ccc(Br)cc4C3)cc2)N=N1. The zero-order valence-corrected chi connectivity index (χ0v) is 14.4. The molecule has 2 aliphatic rings. The Morgan fingerprint density at radius 2 is 1.71 bits per heavy atom. The number of benzene rings is 2. The van der Waals surface area contributed by atoms with Crippen LogP contribution in [0.15, 0.2) is 57.2 Å². The first-order valence-corrected chi connectivity index (χ1v) is 8.28. The predicted molar refractivity (Wildman–Crippen MR) is 89.5 cm³/mol. The van der Waals surface area contributed by atoms with E-state index >= 15 is 0 Å². The van der Waals surface area contributed by atoms with E-state index in [-0.39, 0.29) is 5.56 Å². The Bertz CT molecular complexity index is 895. The zero-order chi connectivity index (χ0) is 17.1. The molecule has 0 aromatic heterocycles. The van der Waals surface area contributed by atoms with E-state index in [1.807, 2.05) is 18.2 Å². The van der Waals surface area contributed by atoms with Crippen LogP contribution in [-0.4, -0.2) is 6.18 Å². The smallest absolute Gasteiger partial charge is 0.166 e. The van der Waals surface area contributed by atoms with Crippen molar-refractivity contribution in [2.24, 2.45) is 10.2 Å². The quantitative estimate of drug-likeness (QED) is 0.552. The third-order valence-electron chi connectivity index (χ3n) is 4.27. The number of allylic oxidation sites excluding steroid dienone is 1. The van der Waals surface area contributed by atoms with Gasteiger partial charge in [-0.25, -0.2) is 0 Å². The highest BCUT2D eigenvalue weighted by Crippen LogP contribution is 2.52. The number of hydrogen-bond acceptors (Lipinski definition) is 2. The number of alkyl halides is 3. The first-order valence-electron chi connectivity index (χ1n) is 7.11. The number of nitrogens with zero attached hydrogens (tertiary/aromatic N) is 2. The minimum atomic E-state index is -4.51. The van der Waals surface area contributed by atoms with Crippen LogP contribution in [0, 0.1) is 0 Å². The molecule has 2 aromatic carbocycles. The largest absolute Gasteiger partial charge is 0.442 e. The highest BCUT2D eigenvalue weighted by atomic mass is 79.9. The van der Waals surface area contributed by atoms with Gasteiger partial charge >= 0.3 is 11.8 Å². The lowest BCUT2D eigenvalue weighted by Crippen LogP contribution is -2.30. The molecule has 4 rings (SSSR count). The van der Waals surface area contributed by atoms with Crippen molar-refractivity contribution in [1.82, 2.24) is 0 Å². The monoisotopic (exact) mass is 412 g/mol. The molecule has 1 heterocycles. The minimum absolute atomic E-state index is 0.0220. The Morgan fingerprint density at radius 1 is 1.04 bits per heavy atom. The predicted octanol–water partition coefficient (Wildman–Crippen LogP) is 6.29. The van der Waals surface area contributed by atoms with Crippen molar-refractivity contribution in [2.75, 3.05) is 0 Å². The summed E-state index contributed by atoms with van der Waals surface area (Å²) in [5.74, 6) is 0. The molecule has 0 atom stereocenters. The molecular weight excluding hydrogens is 405 g/mol. The lowest BCUT2D eigenvalue weighted by atomic mass is 9.97. The Labute approximate surface area is 149 Å². The fraction of sp³-hybridized carbons (Fsp3) is 0.176. The molecule has 0 amide bonds. The second-order valence-electron chi connectivity index (χ2n) is 5.72. The summed E-state index contributed by atoms with van der Waals surface area (Å²) in [6.45, 7) is 0. The van der Waals surface area contributed by atoms with Crippen molar-refractivity contribution in [3.63, 3.8) is 0 Å². The first kappa shape index (κ1) is 15.8. The van der Waals surface area contributed by atoms with E-state index in [9.17, 15) is 13.2 Å². The van der Waals surface area contributed by atoms with Crippen LogP contribution in [0.25, 0.3) is 10.6 Å². The van der Waals surface area contributed by atoms with Crippen LogP contribution in [-0.2, 0) is 12.1 Å². The summed E-state index contributed by atoms with van der Waals surface area (Å²) >= 11 is 9.89. The molecule has 0 bridgehead atoms. The minimum Gasteiger partial charge on any atom is -0.166 e. The fourth-order valence-electron chi connectivity index (χ4n) is 2.93. The van der Waals surface area contributed by atoms with Crippen LogP contribution in [0.5, 0.6) is 0 Å². The van der Waals surface area contributed by atoms with Gasteiger partial charge in [-0.15, -0.1) is 10.2 Å². The maximum Gasteiger partial charge on any atom is 0.442 e. The molecule has 0 spiro atoms. The zero-order valence-electron chi connectivity index (χ0n) is 12.0. The van der Waals surface area contributed by atoms with Crippen LogP contribution >= 0.6 is 27.5 Å². The third kappa shape index (κ3) is 2.31. The summed E-state index contributed by atoms with van der Waals surface area (Å²) in [7, 11) is 0. The molecule has 0 saturated heterocycles. The summed E-state index contributed by atoms with van der Waals surface area (Å²) < 4.78 is 40.1. The topological polar surface area (TPSA) is 24.7 Å². The Balaban J connectivity index is 1.67. The highest BCUT2D eigenvalue weighted by molar-refractivity contribution is 9.10. The van der Waals surface area contributed by atoms with Crippen molar-refractivity contribution in [3.05, 3.63) is 69.2 Å². The maximum absolute atomic E-state index is 13.0. The fourth-order valence-corrected chi connectivity index (χ4v) is 3.70. The Morgan fingerprint density at radius 3 is 2.29 bits per heavy atom. The molecule has 0 saturated carbocycles. The average molecular weight is 414 g/mol. The van der Waals surface area contributed by atoms with E-state index < -0.39 is 11.8 Å². The maximum atomic E-state index is 13.0. The van der Waals surface area contributed by atoms with E-state index in [1.165, 1.54) is 12.1 Å². The van der Waals surface area contributed by atoms with Gasteiger partial charge in [0.05, 0.1) is 5.03 Å². The molecule has 0 N–H and O–H groups in total. The Kier molecular flexibility index (Phi) is 3.41. The van der Waals surface area contributed by atoms with Gasteiger partial charge in [-0.05, 0) is 34.4 Å². The van der Waals surface area contributed by atoms with Gasteiger partial charge in [0, 0.05) is 16.5 Å². The van der Waals surface area contributed by atoms with Gasteiger partial charge < -0.3 is 0 Å². The Hall–Kier alpha value is -1.66. The standard InChI is InChI=1S/C17H9BrClF3N2/c18-12-5-6-13-10(7-12)8-14(15(13)19)9-1-3-11(4-2-9)16(23-24-16)17(20,21)22/h1-7H,8H2. The first-order chi connectivity index (χ1) is 11.3. The summed E-state index contributed by atoms with van der Waals surface area (Å²) in [6, 6.07) is 12.0.